The largest absolute Gasteiger partial charge is 0.103 e. The maximum Gasteiger partial charge on any atom is 0.0847 e. The van der Waals surface area contributed by atoms with Gasteiger partial charge in [0.05, 0.1) is 16.1 Å². The van der Waals surface area contributed by atoms with Gasteiger partial charge in [0.25, 0.3) is 0 Å². The monoisotopic (exact) mass is 312 g/mol. The quantitative estimate of drug-likeness (QED) is 0.444. The van der Waals surface area contributed by atoms with Gasteiger partial charge in [0.15, 0.2) is 0 Å². The van der Waals surface area contributed by atoms with Crippen LogP contribution < -0.4 is 0 Å². The van der Waals surface area contributed by atoms with Crippen molar-refractivity contribution in [3.05, 3.63) is 66.8 Å². The van der Waals surface area contributed by atoms with Gasteiger partial charge in [-0.05, 0) is 28.8 Å². The molecule has 0 heterocycles. The average molecular weight is 313 g/mol. The van der Waals surface area contributed by atoms with Crippen molar-refractivity contribution in [3.8, 4) is 0 Å². The van der Waals surface area contributed by atoms with Gasteiger partial charge in [-0.3, -0.25) is 0 Å². The maximum atomic E-state index is 3.98. The lowest BCUT2D eigenvalue weighted by Crippen LogP contribution is -2.32. The van der Waals surface area contributed by atoms with Crippen LogP contribution in [-0.4, -0.2) is 16.1 Å². The van der Waals surface area contributed by atoms with E-state index in [1.807, 2.05) is 0 Å². The van der Waals surface area contributed by atoms with Crippen LogP contribution >= 0.6 is 0 Å². The molecule has 1 aliphatic carbocycles. The minimum Gasteiger partial charge on any atom is -0.103 e. The molecule has 0 nitrogen and oxygen atoms in total. The van der Waals surface area contributed by atoms with E-state index in [-0.39, 0.29) is 0 Å². The van der Waals surface area contributed by atoms with E-state index in [0.717, 1.165) is 6.04 Å². The van der Waals surface area contributed by atoms with E-state index in [9.17, 15) is 0 Å². The highest BCUT2D eigenvalue weighted by Gasteiger charge is 2.39. The van der Waals surface area contributed by atoms with Crippen LogP contribution in [0.5, 0.6) is 0 Å². The molecule has 0 aromatic heterocycles. The van der Waals surface area contributed by atoms with E-state index in [0.29, 0.717) is 5.54 Å². The number of hydrogen-bond acceptors (Lipinski definition) is 0. The summed E-state index contributed by atoms with van der Waals surface area (Å²) in [4.78, 5) is 0. The summed E-state index contributed by atoms with van der Waals surface area (Å²) in [5, 5.41) is 1.65. The summed E-state index contributed by atoms with van der Waals surface area (Å²) in [6.07, 6.45) is 6.85. The van der Waals surface area contributed by atoms with Crippen molar-refractivity contribution in [1.82, 2.24) is 0 Å². The molecule has 1 unspecified atom stereocenters. The van der Waals surface area contributed by atoms with Gasteiger partial charge in [-0.1, -0.05) is 73.9 Å². The van der Waals surface area contributed by atoms with Gasteiger partial charge in [-0.2, -0.15) is 0 Å². The Morgan fingerprint density at radius 3 is 2.24 bits per heavy atom. The van der Waals surface area contributed by atoms with Gasteiger partial charge < -0.3 is 0 Å². The second-order valence-corrected chi connectivity index (χ2v) is 17.2. The van der Waals surface area contributed by atoms with Crippen molar-refractivity contribution < 1.29 is 0 Å². The van der Waals surface area contributed by atoms with E-state index in [2.05, 4.69) is 81.8 Å². The van der Waals surface area contributed by atoms with Gasteiger partial charge >= 0.3 is 0 Å². The maximum absolute atomic E-state index is 3.98. The molecule has 0 spiro atoms. The standard InChI is InChI=1S/C19H28Si2/c1-7-13-20(3,4)18-15-19(21(5,6)14-8-2)17-12-10-9-11-16(17)18/h7-12,15,18H,1-2,13-14H2,3-6H3. The first-order valence-electron chi connectivity index (χ1n) is 7.87. The molecule has 0 saturated carbocycles. The highest BCUT2D eigenvalue weighted by molar-refractivity contribution is 6.95. The van der Waals surface area contributed by atoms with Crippen LogP contribution in [0.4, 0.5) is 0 Å². The lowest BCUT2D eigenvalue weighted by molar-refractivity contribution is 1.14. The molecule has 0 aliphatic heterocycles. The Bertz CT molecular complexity index is 579. The lowest BCUT2D eigenvalue weighted by atomic mass is 10.1. The van der Waals surface area contributed by atoms with Crippen molar-refractivity contribution in [2.75, 3.05) is 0 Å². The second-order valence-electron chi connectivity index (χ2n) is 7.50. The minimum absolute atomic E-state index is 0.637. The SMILES string of the molecule is C=CC[Si](C)(C)C1=CC([Si](C)(C)CC=C)c2ccccc21. The highest BCUT2D eigenvalue weighted by Crippen LogP contribution is 2.46. The van der Waals surface area contributed by atoms with Gasteiger partial charge in [-0.15, -0.1) is 13.2 Å². The van der Waals surface area contributed by atoms with E-state index in [4.69, 9.17) is 0 Å². The second kappa shape index (κ2) is 5.94. The van der Waals surface area contributed by atoms with Crippen LogP contribution in [0, 0.1) is 0 Å². The molecule has 2 rings (SSSR count). The summed E-state index contributed by atoms with van der Waals surface area (Å²) in [6.45, 7) is 17.9. The molecule has 2 heteroatoms. The van der Waals surface area contributed by atoms with Crippen LogP contribution in [0.25, 0.3) is 5.20 Å². The molecule has 1 aromatic rings. The fourth-order valence-corrected chi connectivity index (χ4v) is 8.96. The molecule has 112 valence electrons. The molecule has 0 radical (unpaired) electrons. The Morgan fingerprint density at radius 2 is 1.62 bits per heavy atom. The molecule has 1 aromatic carbocycles. The van der Waals surface area contributed by atoms with Crippen LogP contribution in [-0.2, 0) is 0 Å². The van der Waals surface area contributed by atoms with Gasteiger partial charge in [0, 0.05) is 0 Å². The Morgan fingerprint density at radius 1 is 1.00 bits per heavy atom. The number of benzene rings is 1. The van der Waals surface area contributed by atoms with Crippen LogP contribution in [0.1, 0.15) is 16.7 Å². The third-order valence-electron chi connectivity index (χ3n) is 4.82. The zero-order chi connectivity index (χ0) is 15.7. The Labute approximate surface area is 132 Å². The molecule has 0 saturated heterocycles. The van der Waals surface area contributed by atoms with E-state index >= 15 is 0 Å². The van der Waals surface area contributed by atoms with Crippen molar-refractivity contribution in [3.63, 3.8) is 0 Å². The predicted molar refractivity (Wildman–Crippen MR) is 102 cm³/mol. The van der Waals surface area contributed by atoms with Crippen molar-refractivity contribution in [1.29, 1.82) is 0 Å². The fourth-order valence-electron chi connectivity index (χ4n) is 3.57. The summed E-state index contributed by atoms with van der Waals surface area (Å²) < 4.78 is 0. The number of rotatable bonds is 6. The molecule has 21 heavy (non-hydrogen) atoms. The van der Waals surface area contributed by atoms with Crippen LogP contribution in [0.2, 0.25) is 38.3 Å². The molecule has 0 N–H and O–H groups in total. The highest BCUT2D eigenvalue weighted by atomic mass is 28.3. The smallest absolute Gasteiger partial charge is 0.0847 e. The van der Waals surface area contributed by atoms with Gasteiger partial charge in [0.2, 0.25) is 0 Å². The third kappa shape index (κ3) is 3.06. The first kappa shape index (κ1) is 16.2. The van der Waals surface area contributed by atoms with Crippen LogP contribution in [0.15, 0.2) is 55.7 Å². The van der Waals surface area contributed by atoms with E-state index in [1.54, 1.807) is 10.8 Å². The predicted octanol–water partition coefficient (Wildman–Crippen LogP) is 6.03. The zero-order valence-corrected chi connectivity index (χ0v) is 15.9. The molecular formula is C19H28Si2. The topological polar surface area (TPSA) is 0 Å². The summed E-state index contributed by atoms with van der Waals surface area (Å²) in [5.41, 5.74) is 3.72. The molecular weight excluding hydrogens is 284 g/mol. The molecule has 0 amide bonds. The fraction of sp³-hybridized carbons (Fsp3) is 0.368. The first-order valence-corrected chi connectivity index (χ1v) is 14.4. The van der Waals surface area contributed by atoms with Crippen LogP contribution in [0.3, 0.4) is 0 Å². The molecule has 0 bridgehead atoms. The van der Waals surface area contributed by atoms with Gasteiger partial charge in [0.1, 0.15) is 0 Å². The first-order chi connectivity index (χ1) is 9.83. The molecule has 0 fully saturated rings. The molecule has 1 atom stereocenters. The number of fused-ring (bicyclic) bond motifs is 1. The Kier molecular flexibility index (Phi) is 4.59. The lowest BCUT2D eigenvalue weighted by Gasteiger charge is -2.28. The average Bonchev–Trinajstić information content (AvgIpc) is 2.79. The number of allylic oxidation sites excluding steroid dienone is 3. The van der Waals surface area contributed by atoms with Crippen molar-refractivity contribution in [2.24, 2.45) is 0 Å². The number of hydrogen-bond donors (Lipinski definition) is 0. The Balaban J connectivity index is 2.53. The zero-order valence-electron chi connectivity index (χ0n) is 13.9. The summed E-state index contributed by atoms with van der Waals surface area (Å²) in [7, 11) is -2.79. The minimum atomic E-state index is -1.43. The van der Waals surface area contributed by atoms with Gasteiger partial charge in [-0.25, -0.2) is 0 Å². The van der Waals surface area contributed by atoms with E-state index < -0.39 is 16.1 Å². The molecule has 1 aliphatic rings. The summed E-state index contributed by atoms with van der Waals surface area (Å²) in [6, 6.07) is 11.4. The van der Waals surface area contributed by atoms with Crippen molar-refractivity contribution in [2.45, 2.75) is 43.8 Å². The van der Waals surface area contributed by atoms with Crippen molar-refractivity contribution >= 4 is 21.3 Å². The summed E-state index contributed by atoms with van der Waals surface area (Å²) in [5.74, 6) is 0. The summed E-state index contributed by atoms with van der Waals surface area (Å²) >= 11 is 0. The van der Waals surface area contributed by atoms with E-state index in [1.165, 1.54) is 11.6 Å². The third-order valence-corrected chi connectivity index (χ3v) is 11.5. The normalized spacial score (nSPS) is 18.1. The Hall–Kier alpha value is -1.13.